The van der Waals surface area contributed by atoms with Crippen LogP contribution in [0.2, 0.25) is 0 Å². The Kier molecular flexibility index (Phi) is 2.81. The molecule has 1 atom stereocenters. The molecule has 0 aromatic heterocycles. The fourth-order valence-electron chi connectivity index (χ4n) is 4.08. The van der Waals surface area contributed by atoms with Crippen LogP contribution in [0.15, 0.2) is 0 Å². The zero-order chi connectivity index (χ0) is 14.8. The second-order valence-corrected chi connectivity index (χ2v) is 7.34. The number of fused-ring (bicyclic) bond motifs is 1. The normalized spacial score (nSPS) is 26.1. The minimum Gasteiger partial charge on any atom is -0.507 e. The molecular weight excluding hydrogens is 262 g/mol. The summed E-state index contributed by atoms with van der Waals surface area (Å²) in [4.78, 5) is 0. The molecule has 21 heavy (non-hydrogen) atoms. The second kappa shape index (κ2) is 4.39. The number of ether oxygens (including phenoxy) is 1. The molecule has 3 aliphatic rings. The molecule has 0 bridgehead atoms. The van der Waals surface area contributed by atoms with Crippen molar-refractivity contribution in [1.29, 1.82) is 0 Å². The van der Waals surface area contributed by atoms with Crippen molar-refractivity contribution in [2.24, 2.45) is 5.41 Å². The van der Waals surface area contributed by atoms with Gasteiger partial charge < -0.3 is 15.2 Å². The number of phenols is 1. The summed E-state index contributed by atoms with van der Waals surface area (Å²) < 4.78 is 6.21. The SMILES string of the molecule is Cc1c(C)c2c(c(C)c1O)C(NC1CC1)C1(CCC1)CO2. The Morgan fingerprint density at radius 2 is 1.81 bits per heavy atom. The van der Waals surface area contributed by atoms with Crippen molar-refractivity contribution >= 4 is 0 Å². The summed E-state index contributed by atoms with van der Waals surface area (Å²) in [6.07, 6.45) is 6.36. The fraction of sp³-hybridized carbons (Fsp3) is 0.667. The van der Waals surface area contributed by atoms with Gasteiger partial charge in [-0.15, -0.1) is 0 Å². The van der Waals surface area contributed by atoms with E-state index in [2.05, 4.69) is 12.2 Å². The molecule has 0 radical (unpaired) electrons. The van der Waals surface area contributed by atoms with Gasteiger partial charge in [0.25, 0.3) is 0 Å². The van der Waals surface area contributed by atoms with Gasteiger partial charge in [-0.25, -0.2) is 0 Å². The van der Waals surface area contributed by atoms with Crippen LogP contribution in [-0.4, -0.2) is 17.8 Å². The first-order valence-corrected chi connectivity index (χ1v) is 8.25. The summed E-state index contributed by atoms with van der Waals surface area (Å²) in [5.41, 5.74) is 4.56. The predicted molar refractivity (Wildman–Crippen MR) is 83.0 cm³/mol. The topological polar surface area (TPSA) is 41.5 Å². The van der Waals surface area contributed by atoms with Crippen molar-refractivity contribution in [1.82, 2.24) is 5.32 Å². The summed E-state index contributed by atoms with van der Waals surface area (Å²) in [7, 11) is 0. The number of phenolic OH excluding ortho intramolecular Hbond substituents is 1. The minimum absolute atomic E-state index is 0.258. The Bertz CT molecular complexity index is 600. The molecule has 1 aromatic carbocycles. The molecule has 1 unspecified atom stereocenters. The number of rotatable bonds is 2. The van der Waals surface area contributed by atoms with Gasteiger partial charge in [0.15, 0.2) is 0 Å². The lowest BCUT2D eigenvalue weighted by Crippen LogP contribution is -2.50. The summed E-state index contributed by atoms with van der Waals surface area (Å²) in [5.74, 6) is 1.48. The lowest BCUT2D eigenvalue weighted by atomic mass is 9.61. The first-order valence-electron chi connectivity index (χ1n) is 8.25. The molecular formula is C18H25NO2. The smallest absolute Gasteiger partial charge is 0.127 e. The molecule has 2 N–H and O–H groups in total. The Morgan fingerprint density at radius 3 is 2.38 bits per heavy atom. The molecule has 1 aromatic rings. The van der Waals surface area contributed by atoms with Crippen LogP contribution < -0.4 is 10.1 Å². The van der Waals surface area contributed by atoms with Gasteiger partial charge >= 0.3 is 0 Å². The van der Waals surface area contributed by atoms with E-state index in [-0.39, 0.29) is 5.41 Å². The lowest BCUT2D eigenvalue weighted by Gasteiger charge is -2.51. The third kappa shape index (κ3) is 1.83. The van der Waals surface area contributed by atoms with E-state index >= 15 is 0 Å². The zero-order valence-electron chi connectivity index (χ0n) is 13.3. The highest BCUT2D eigenvalue weighted by Crippen LogP contribution is 2.58. The van der Waals surface area contributed by atoms with Gasteiger partial charge in [-0.05, 0) is 63.1 Å². The molecule has 2 aliphatic carbocycles. The van der Waals surface area contributed by atoms with Gasteiger partial charge in [-0.2, -0.15) is 0 Å². The lowest BCUT2D eigenvalue weighted by molar-refractivity contribution is -0.00384. The van der Waals surface area contributed by atoms with Crippen molar-refractivity contribution in [3.8, 4) is 11.5 Å². The number of nitrogens with one attached hydrogen (secondary N) is 1. The maximum Gasteiger partial charge on any atom is 0.127 e. The van der Waals surface area contributed by atoms with E-state index in [1.165, 1.54) is 37.7 Å². The Balaban J connectivity index is 1.87. The molecule has 1 heterocycles. The van der Waals surface area contributed by atoms with E-state index in [0.717, 1.165) is 29.0 Å². The van der Waals surface area contributed by atoms with E-state index < -0.39 is 0 Å². The number of hydrogen-bond acceptors (Lipinski definition) is 3. The van der Waals surface area contributed by atoms with Crippen LogP contribution in [0.5, 0.6) is 11.5 Å². The van der Waals surface area contributed by atoms with E-state index in [4.69, 9.17) is 4.74 Å². The monoisotopic (exact) mass is 287 g/mol. The predicted octanol–water partition coefficient (Wildman–Crippen LogP) is 3.67. The van der Waals surface area contributed by atoms with Crippen molar-refractivity contribution in [2.75, 3.05) is 6.61 Å². The van der Waals surface area contributed by atoms with Gasteiger partial charge in [0.05, 0.1) is 6.61 Å². The maximum absolute atomic E-state index is 10.5. The minimum atomic E-state index is 0.258. The fourth-order valence-corrected chi connectivity index (χ4v) is 4.08. The molecule has 0 saturated heterocycles. The first-order chi connectivity index (χ1) is 10.0. The zero-order valence-corrected chi connectivity index (χ0v) is 13.3. The van der Waals surface area contributed by atoms with Crippen molar-refractivity contribution < 1.29 is 9.84 Å². The van der Waals surface area contributed by atoms with Gasteiger partial charge in [0, 0.05) is 23.1 Å². The van der Waals surface area contributed by atoms with Crippen molar-refractivity contribution in [2.45, 2.75) is 65.0 Å². The van der Waals surface area contributed by atoms with E-state index in [1.54, 1.807) is 0 Å². The van der Waals surface area contributed by atoms with Gasteiger partial charge in [0.2, 0.25) is 0 Å². The highest BCUT2D eigenvalue weighted by molar-refractivity contribution is 5.60. The van der Waals surface area contributed by atoms with E-state index in [9.17, 15) is 5.11 Å². The van der Waals surface area contributed by atoms with Crippen LogP contribution in [0.1, 0.15) is 60.4 Å². The highest BCUT2D eigenvalue weighted by atomic mass is 16.5. The largest absolute Gasteiger partial charge is 0.507 e. The summed E-state index contributed by atoms with van der Waals surface area (Å²) in [6.45, 7) is 6.93. The van der Waals surface area contributed by atoms with Gasteiger partial charge in [-0.1, -0.05) is 6.42 Å². The molecule has 0 amide bonds. The summed E-state index contributed by atoms with van der Waals surface area (Å²) >= 11 is 0. The van der Waals surface area contributed by atoms with Crippen LogP contribution in [0.3, 0.4) is 0 Å². The van der Waals surface area contributed by atoms with Crippen LogP contribution in [-0.2, 0) is 0 Å². The molecule has 2 saturated carbocycles. The number of aromatic hydroxyl groups is 1. The average Bonchev–Trinajstić information content (AvgIpc) is 3.24. The quantitative estimate of drug-likeness (QED) is 0.872. The second-order valence-electron chi connectivity index (χ2n) is 7.34. The molecule has 3 heteroatoms. The number of benzene rings is 1. The Hall–Kier alpha value is -1.22. The van der Waals surface area contributed by atoms with Crippen molar-refractivity contribution in [3.63, 3.8) is 0 Å². The van der Waals surface area contributed by atoms with Crippen LogP contribution >= 0.6 is 0 Å². The van der Waals surface area contributed by atoms with Gasteiger partial charge in [0.1, 0.15) is 11.5 Å². The first kappa shape index (κ1) is 13.4. The molecule has 4 rings (SSSR count). The number of hydrogen-bond donors (Lipinski definition) is 2. The summed E-state index contributed by atoms with van der Waals surface area (Å²) in [5, 5.41) is 14.4. The van der Waals surface area contributed by atoms with Crippen LogP contribution in [0, 0.1) is 26.2 Å². The highest BCUT2D eigenvalue weighted by Gasteiger charge is 2.51. The molecule has 2 fully saturated rings. The average molecular weight is 287 g/mol. The third-order valence-corrected chi connectivity index (χ3v) is 6.00. The Morgan fingerprint density at radius 1 is 1.10 bits per heavy atom. The third-order valence-electron chi connectivity index (χ3n) is 6.00. The van der Waals surface area contributed by atoms with Crippen molar-refractivity contribution in [3.05, 3.63) is 22.3 Å². The van der Waals surface area contributed by atoms with E-state index in [0.29, 0.717) is 17.8 Å². The molecule has 1 aliphatic heterocycles. The molecule has 114 valence electrons. The summed E-state index contributed by atoms with van der Waals surface area (Å²) in [6, 6.07) is 1.02. The van der Waals surface area contributed by atoms with Crippen LogP contribution in [0.25, 0.3) is 0 Å². The van der Waals surface area contributed by atoms with E-state index in [1.807, 2.05) is 13.8 Å². The van der Waals surface area contributed by atoms with Crippen LogP contribution in [0.4, 0.5) is 0 Å². The molecule has 1 spiro atoms. The van der Waals surface area contributed by atoms with Gasteiger partial charge in [-0.3, -0.25) is 0 Å². The maximum atomic E-state index is 10.5. The Labute approximate surface area is 126 Å². The standard InChI is InChI=1S/C18H25NO2/c1-10-11(2)16-14(12(3)15(10)20)17(19-13-5-6-13)18(9-21-16)7-4-8-18/h13,17,19-20H,4-9H2,1-3H3. The molecule has 3 nitrogen and oxygen atoms in total.